The summed E-state index contributed by atoms with van der Waals surface area (Å²) in [6.07, 6.45) is 4.43. The number of nitrogens with zero attached hydrogens (tertiary/aromatic N) is 3. The summed E-state index contributed by atoms with van der Waals surface area (Å²) in [4.78, 5) is 38.0. The average Bonchev–Trinajstić information content (AvgIpc) is 3.24. The predicted octanol–water partition coefficient (Wildman–Crippen LogP) is 1.02. The zero-order chi connectivity index (χ0) is 17.1. The Morgan fingerprint density at radius 3 is 2.58 bits per heavy atom. The number of hydrogen-bond donors (Lipinski definition) is 2. The molecule has 2 amide bonds. The van der Waals surface area contributed by atoms with Crippen LogP contribution in [-0.4, -0.2) is 32.9 Å². The molecule has 0 saturated carbocycles. The molecule has 2 aromatic heterocycles. The number of hydrogen-bond acceptors (Lipinski definition) is 6. The van der Waals surface area contributed by atoms with Crippen LogP contribution in [-0.2, 0) is 0 Å². The van der Waals surface area contributed by atoms with E-state index in [2.05, 4.69) is 15.4 Å². The molecular formula is C15H11N5O4. The molecule has 9 heteroatoms. The molecule has 0 fully saturated rings. The Kier molecular flexibility index (Phi) is 3.89. The number of aromatic nitrogens is 3. The third kappa shape index (κ3) is 2.90. The fourth-order valence-corrected chi connectivity index (χ4v) is 2.00. The van der Waals surface area contributed by atoms with Gasteiger partial charge in [0.25, 0.3) is 11.8 Å². The van der Waals surface area contributed by atoms with Crippen LogP contribution in [0, 0.1) is 0 Å². The monoisotopic (exact) mass is 325 g/mol. The molecule has 3 rings (SSSR count). The number of amides is 2. The standard InChI is InChI=1S/C15H11N5O4/c16-14(22)13-11(18-15(23)12-7-24-8-17-12)5-20(19-13)10-3-1-9(6-21)2-4-10/h1-8H,(H2,16,22)(H,18,23). The van der Waals surface area contributed by atoms with Crippen LogP contribution in [0.2, 0.25) is 0 Å². The van der Waals surface area contributed by atoms with Crippen molar-refractivity contribution in [2.24, 2.45) is 5.73 Å². The van der Waals surface area contributed by atoms with Crippen molar-refractivity contribution in [3.8, 4) is 5.69 Å². The Morgan fingerprint density at radius 1 is 1.25 bits per heavy atom. The normalized spacial score (nSPS) is 10.3. The van der Waals surface area contributed by atoms with Gasteiger partial charge in [0.2, 0.25) is 0 Å². The van der Waals surface area contributed by atoms with Crippen LogP contribution in [0.15, 0.2) is 47.5 Å². The zero-order valence-corrected chi connectivity index (χ0v) is 12.2. The molecule has 120 valence electrons. The fraction of sp³-hybridized carbons (Fsp3) is 0. The van der Waals surface area contributed by atoms with Gasteiger partial charge in [-0.25, -0.2) is 9.67 Å². The minimum absolute atomic E-state index is 0.0495. The number of nitrogens with one attached hydrogen (secondary N) is 1. The van der Waals surface area contributed by atoms with Crippen LogP contribution in [0.3, 0.4) is 0 Å². The first-order valence-electron chi connectivity index (χ1n) is 6.73. The number of aldehydes is 1. The van der Waals surface area contributed by atoms with Crippen molar-refractivity contribution >= 4 is 23.8 Å². The van der Waals surface area contributed by atoms with E-state index in [1.54, 1.807) is 24.3 Å². The number of nitrogens with two attached hydrogens (primary N) is 1. The summed E-state index contributed by atoms with van der Waals surface area (Å²) in [7, 11) is 0. The molecule has 2 heterocycles. The van der Waals surface area contributed by atoms with E-state index < -0.39 is 11.8 Å². The number of benzene rings is 1. The van der Waals surface area contributed by atoms with Crippen LogP contribution >= 0.6 is 0 Å². The summed E-state index contributed by atoms with van der Waals surface area (Å²) in [5, 5.41) is 6.57. The van der Waals surface area contributed by atoms with Gasteiger partial charge in [-0.3, -0.25) is 14.4 Å². The molecular weight excluding hydrogens is 314 g/mol. The van der Waals surface area contributed by atoms with Crippen molar-refractivity contribution in [2.75, 3.05) is 5.32 Å². The summed E-state index contributed by atoms with van der Waals surface area (Å²) >= 11 is 0. The summed E-state index contributed by atoms with van der Waals surface area (Å²) in [5.41, 5.74) is 6.47. The van der Waals surface area contributed by atoms with Crippen LogP contribution in [0.5, 0.6) is 0 Å². The van der Waals surface area contributed by atoms with Gasteiger partial charge in [0.1, 0.15) is 12.5 Å². The predicted molar refractivity (Wildman–Crippen MR) is 81.9 cm³/mol. The van der Waals surface area contributed by atoms with Gasteiger partial charge in [0.15, 0.2) is 17.8 Å². The van der Waals surface area contributed by atoms with Gasteiger partial charge < -0.3 is 15.5 Å². The highest BCUT2D eigenvalue weighted by atomic mass is 16.3. The molecule has 0 unspecified atom stereocenters. The first-order valence-corrected chi connectivity index (χ1v) is 6.73. The highest BCUT2D eigenvalue weighted by Crippen LogP contribution is 2.18. The molecule has 0 bridgehead atoms. The van der Waals surface area contributed by atoms with Crippen molar-refractivity contribution in [3.63, 3.8) is 0 Å². The van der Waals surface area contributed by atoms with Crippen molar-refractivity contribution in [1.29, 1.82) is 0 Å². The largest absolute Gasteiger partial charge is 0.451 e. The van der Waals surface area contributed by atoms with Crippen LogP contribution < -0.4 is 11.1 Å². The summed E-state index contributed by atoms with van der Waals surface area (Å²) in [6, 6.07) is 6.48. The molecule has 0 aliphatic rings. The quantitative estimate of drug-likeness (QED) is 0.673. The highest BCUT2D eigenvalue weighted by Gasteiger charge is 2.18. The lowest BCUT2D eigenvalue weighted by molar-refractivity contribution is 0.0995. The van der Waals surface area contributed by atoms with E-state index in [-0.39, 0.29) is 17.1 Å². The minimum atomic E-state index is -0.797. The van der Waals surface area contributed by atoms with Gasteiger partial charge in [0.05, 0.1) is 17.6 Å². The minimum Gasteiger partial charge on any atom is -0.451 e. The number of anilines is 1. The number of carbonyl (C=O) groups is 3. The maximum Gasteiger partial charge on any atom is 0.277 e. The Labute approximate surface area is 135 Å². The molecule has 1 aromatic carbocycles. The Balaban J connectivity index is 1.93. The molecule has 0 aliphatic heterocycles. The third-order valence-electron chi connectivity index (χ3n) is 3.15. The molecule has 0 atom stereocenters. The van der Waals surface area contributed by atoms with E-state index in [1.807, 2.05) is 0 Å². The van der Waals surface area contributed by atoms with E-state index in [0.29, 0.717) is 17.5 Å². The maximum atomic E-state index is 12.0. The summed E-state index contributed by atoms with van der Waals surface area (Å²) < 4.78 is 6.10. The smallest absolute Gasteiger partial charge is 0.277 e. The molecule has 0 saturated heterocycles. The topological polar surface area (TPSA) is 133 Å². The Morgan fingerprint density at radius 2 is 2.00 bits per heavy atom. The number of primary amides is 1. The Bertz CT molecular complexity index is 897. The van der Waals surface area contributed by atoms with Crippen molar-refractivity contribution < 1.29 is 18.8 Å². The molecule has 9 nitrogen and oxygen atoms in total. The van der Waals surface area contributed by atoms with Gasteiger partial charge in [-0.2, -0.15) is 5.10 Å². The van der Waals surface area contributed by atoms with E-state index >= 15 is 0 Å². The lowest BCUT2D eigenvalue weighted by Crippen LogP contribution is -2.18. The number of oxazole rings is 1. The van der Waals surface area contributed by atoms with Crippen molar-refractivity contribution in [2.45, 2.75) is 0 Å². The maximum absolute atomic E-state index is 12.0. The third-order valence-corrected chi connectivity index (χ3v) is 3.15. The van der Waals surface area contributed by atoms with Gasteiger partial charge in [-0.05, 0) is 24.3 Å². The van der Waals surface area contributed by atoms with Crippen molar-refractivity contribution in [3.05, 3.63) is 60.1 Å². The molecule has 3 N–H and O–H groups in total. The van der Waals surface area contributed by atoms with Crippen LogP contribution in [0.1, 0.15) is 31.3 Å². The first kappa shape index (κ1) is 15.2. The SMILES string of the molecule is NC(=O)c1nn(-c2ccc(C=O)cc2)cc1NC(=O)c1cocn1. The van der Waals surface area contributed by atoms with Crippen LogP contribution in [0.25, 0.3) is 5.69 Å². The average molecular weight is 325 g/mol. The molecule has 24 heavy (non-hydrogen) atoms. The lowest BCUT2D eigenvalue weighted by Gasteiger charge is -2.01. The van der Waals surface area contributed by atoms with Gasteiger partial charge in [-0.15, -0.1) is 0 Å². The first-order chi connectivity index (χ1) is 11.6. The van der Waals surface area contributed by atoms with E-state index in [9.17, 15) is 14.4 Å². The summed E-state index contributed by atoms with van der Waals surface area (Å²) in [5.74, 6) is -1.36. The Hall–Kier alpha value is -3.75. The van der Waals surface area contributed by atoms with Gasteiger partial charge in [-0.1, -0.05) is 0 Å². The fourth-order valence-electron chi connectivity index (χ4n) is 2.00. The molecule has 3 aromatic rings. The highest BCUT2D eigenvalue weighted by molar-refractivity contribution is 6.06. The second kappa shape index (κ2) is 6.16. The van der Waals surface area contributed by atoms with Gasteiger partial charge >= 0.3 is 0 Å². The number of carbonyl (C=O) groups excluding carboxylic acids is 3. The van der Waals surface area contributed by atoms with Crippen LogP contribution in [0.4, 0.5) is 5.69 Å². The zero-order valence-electron chi connectivity index (χ0n) is 12.2. The van der Waals surface area contributed by atoms with E-state index in [0.717, 1.165) is 6.39 Å². The molecule has 0 aliphatic carbocycles. The van der Waals surface area contributed by atoms with Crippen molar-refractivity contribution in [1.82, 2.24) is 14.8 Å². The van der Waals surface area contributed by atoms with Gasteiger partial charge in [0, 0.05) is 5.56 Å². The second-order valence-electron chi connectivity index (χ2n) is 4.74. The molecule has 0 radical (unpaired) electrons. The van der Waals surface area contributed by atoms with E-state index in [4.69, 9.17) is 10.2 Å². The lowest BCUT2D eigenvalue weighted by atomic mass is 10.2. The molecule has 0 spiro atoms. The summed E-state index contributed by atoms with van der Waals surface area (Å²) in [6.45, 7) is 0. The second-order valence-corrected chi connectivity index (χ2v) is 4.74. The van der Waals surface area contributed by atoms with E-state index in [1.165, 1.54) is 17.1 Å². The number of rotatable bonds is 5.